The van der Waals surface area contributed by atoms with E-state index in [9.17, 15) is 9.90 Å². The minimum atomic E-state index is -0.132. The third kappa shape index (κ3) is 2.49. The van der Waals surface area contributed by atoms with Gasteiger partial charge in [-0.15, -0.1) is 0 Å². The summed E-state index contributed by atoms with van der Waals surface area (Å²) in [7, 11) is 0. The van der Waals surface area contributed by atoms with Crippen molar-refractivity contribution in [2.75, 3.05) is 13.2 Å². The highest BCUT2D eigenvalue weighted by Crippen LogP contribution is 2.19. The molecule has 0 saturated carbocycles. The number of pyridine rings is 1. The summed E-state index contributed by atoms with van der Waals surface area (Å²) in [5.41, 5.74) is 0.695. The smallest absolute Gasteiger partial charge is 0.254 e. The average Bonchev–Trinajstić information content (AvgIpc) is 2.46. The van der Waals surface area contributed by atoms with Gasteiger partial charge in [-0.05, 0) is 31.4 Å². The molecule has 1 unspecified atom stereocenters. The fourth-order valence-electron chi connectivity index (χ4n) is 2.25. The number of aliphatic hydroxyl groups is 1. The van der Waals surface area contributed by atoms with Gasteiger partial charge in [0.15, 0.2) is 0 Å². The number of nitriles is 1. The van der Waals surface area contributed by atoms with Crippen molar-refractivity contribution in [3.05, 3.63) is 29.6 Å². The quantitative estimate of drug-likeness (QED) is 0.841. The van der Waals surface area contributed by atoms with Crippen LogP contribution >= 0.6 is 0 Å². The summed E-state index contributed by atoms with van der Waals surface area (Å²) in [5, 5.41) is 18.1. The predicted octanol–water partition coefficient (Wildman–Crippen LogP) is 0.940. The SMILES string of the molecule is N#Cc1cc(C(=O)N2CCCCC2CO)ccn1. The van der Waals surface area contributed by atoms with E-state index in [-0.39, 0.29) is 24.2 Å². The van der Waals surface area contributed by atoms with Crippen LogP contribution in [0.4, 0.5) is 0 Å². The minimum Gasteiger partial charge on any atom is -0.394 e. The third-order valence-corrected chi connectivity index (χ3v) is 3.22. The van der Waals surface area contributed by atoms with E-state index in [4.69, 9.17) is 5.26 Å². The summed E-state index contributed by atoms with van der Waals surface area (Å²) < 4.78 is 0. The van der Waals surface area contributed by atoms with Crippen LogP contribution in [0, 0.1) is 11.3 Å². The normalized spacial score (nSPS) is 19.3. The van der Waals surface area contributed by atoms with Gasteiger partial charge >= 0.3 is 0 Å². The summed E-state index contributed by atoms with van der Waals surface area (Å²) >= 11 is 0. The second-order valence-corrected chi connectivity index (χ2v) is 4.37. The first-order valence-electron chi connectivity index (χ1n) is 6.04. The van der Waals surface area contributed by atoms with Gasteiger partial charge in [-0.2, -0.15) is 5.26 Å². The Kier molecular flexibility index (Phi) is 3.90. The van der Waals surface area contributed by atoms with E-state index in [1.165, 1.54) is 12.3 Å². The summed E-state index contributed by atoms with van der Waals surface area (Å²) in [6.45, 7) is 0.649. The lowest BCUT2D eigenvalue weighted by atomic mass is 10.0. The predicted molar refractivity (Wildman–Crippen MR) is 64.7 cm³/mol. The number of rotatable bonds is 2. The molecular weight excluding hydrogens is 230 g/mol. The first-order chi connectivity index (χ1) is 8.76. The van der Waals surface area contributed by atoms with Gasteiger partial charge in [0.25, 0.3) is 5.91 Å². The number of amides is 1. The number of likely N-dealkylation sites (tertiary alicyclic amines) is 1. The Hall–Kier alpha value is -1.93. The van der Waals surface area contributed by atoms with Gasteiger partial charge in [-0.1, -0.05) is 0 Å². The number of aliphatic hydroxyl groups excluding tert-OH is 1. The molecule has 94 valence electrons. The van der Waals surface area contributed by atoms with E-state index in [1.807, 2.05) is 6.07 Å². The van der Waals surface area contributed by atoms with E-state index < -0.39 is 0 Å². The van der Waals surface area contributed by atoms with Crippen LogP contribution in [0.3, 0.4) is 0 Å². The zero-order valence-corrected chi connectivity index (χ0v) is 10.0. The molecule has 0 radical (unpaired) electrons. The van der Waals surface area contributed by atoms with Gasteiger partial charge < -0.3 is 10.0 Å². The van der Waals surface area contributed by atoms with Crippen molar-refractivity contribution in [2.45, 2.75) is 25.3 Å². The van der Waals surface area contributed by atoms with Crippen LogP contribution in [0.25, 0.3) is 0 Å². The summed E-state index contributed by atoms with van der Waals surface area (Å²) in [6.07, 6.45) is 4.29. The van der Waals surface area contributed by atoms with Gasteiger partial charge in [-0.25, -0.2) is 4.98 Å². The van der Waals surface area contributed by atoms with Crippen LogP contribution in [0.1, 0.15) is 35.3 Å². The lowest BCUT2D eigenvalue weighted by Gasteiger charge is -2.34. The molecule has 5 heteroatoms. The molecule has 1 fully saturated rings. The molecule has 1 saturated heterocycles. The lowest BCUT2D eigenvalue weighted by molar-refractivity contribution is 0.0503. The Morgan fingerprint density at radius 1 is 1.61 bits per heavy atom. The maximum atomic E-state index is 12.3. The summed E-state index contributed by atoms with van der Waals surface area (Å²) in [4.78, 5) is 17.9. The van der Waals surface area contributed by atoms with Crippen LogP contribution in [-0.4, -0.2) is 40.1 Å². The van der Waals surface area contributed by atoms with E-state index in [0.29, 0.717) is 12.1 Å². The number of hydrogen-bond acceptors (Lipinski definition) is 4. The Balaban J connectivity index is 2.21. The van der Waals surface area contributed by atoms with E-state index in [2.05, 4.69) is 4.98 Å². The Morgan fingerprint density at radius 3 is 3.17 bits per heavy atom. The molecule has 0 bridgehead atoms. The number of carbonyl (C=O) groups is 1. The number of nitrogens with zero attached hydrogens (tertiary/aromatic N) is 3. The first-order valence-corrected chi connectivity index (χ1v) is 6.04. The molecule has 0 spiro atoms. The van der Waals surface area contributed by atoms with Crippen molar-refractivity contribution >= 4 is 5.91 Å². The van der Waals surface area contributed by atoms with Gasteiger partial charge in [0.2, 0.25) is 0 Å². The molecule has 1 aliphatic heterocycles. The Bertz CT molecular complexity index is 481. The fraction of sp³-hybridized carbons (Fsp3) is 0.462. The second-order valence-electron chi connectivity index (χ2n) is 4.37. The molecule has 2 rings (SSSR count). The third-order valence-electron chi connectivity index (χ3n) is 3.22. The van der Waals surface area contributed by atoms with E-state index >= 15 is 0 Å². The molecule has 1 amide bonds. The van der Waals surface area contributed by atoms with Gasteiger partial charge in [0, 0.05) is 18.3 Å². The average molecular weight is 245 g/mol. The monoisotopic (exact) mass is 245 g/mol. The largest absolute Gasteiger partial charge is 0.394 e. The molecule has 5 nitrogen and oxygen atoms in total. The molecule has 2 heterocycles. The van der Waals surface area contributed by atoms with Crippen LogP contribution < -0.4 is 0 Å². The zero-order chi connectivity index (χ0) is 13.0. The molecule has 1 atom stereocenters. The van der Waals surface area contributed by atoms with E-state index in [0.717, 1.165) is 19.3 Å². The highest BCUT2D eigenvalue weighted by Gasteiger charge is 2.26. The molecule has 1 N–H and O–H groups in total. The number of hydrogen-bond donors (Lipinski definition) is 1. The molecule has 0 aliphatic carbocycles. The fourth-order valence-corrected chi connectivity index (χ4v) is 2.25. The van der Waals surface area contributed by atoms with Crippen molar-refractivity contribution in [3.63, 3.8) is 0 Å². The molecule has 1 aromatic heterocycles. The number of aromatic nitrogens is 1. The standard InChI is InChI=1S/C13H15N3O2/c14-8-11-7-10(4-5-15-11)13(18)16-6-2-1-3-12(16)9-17/h4-5,7,12,17H,1-3,6,9H2. The van der Waals surface area contributed by atoms with Crippen molar-refractivity contribution < 1.29 is 9.90 Å². The first kappa shape index (κ1) is 12.5. The summed E-state index contributed by atoms with van der Waals surface area (Å²) in [6, 6.07) is 4.91. The molecule has 1 aliphatic rings. The lowest BCUT2D eigenvalue weighted by Crippen LogP contribution is -2.45. The molecule has 18 heavy (non-hydrogen) atoms. The van der Waals surface area contributed by atoms with Crippen LogP contribution in [0.5, 0.6) is 0 Å². The maximum absolute atomic E-state index is 12.3. The minimum absolute atomic E-state index is 0.0120. The Morgan fingerprint density at radius 2 is 2.44 bits per heavy atom. The van der Waals surface area contributed by atoms with Crippen molar-refractivity contribution in [1.29, 1.82) is 5.26 Å². The number of piperidine rings is 1. The van der Waals surface area contributed by atoms with Crippen LogP contribution in [0.2, 0.25) is 0 Å². The highest BCUT2D eigenvalue weighted by molar-refractivity contribution is 5.94. The molecule has 0 aromatic carbocycles. The summed E-state index contributed by atoms with van der Waals surface area (Å²) in [5.74, 6) is -0.132. The van der Waals surface area contributed by atoms with Gasteiger partial charge in [0.05, 0.1) is 12.6 Å². The van der Waals surface area contributed by atoms with Crippen molar-refractivity contribution in [2.24, 2.45) is 0 Å². The maximum Gasteiger partial charge on any atom is 0.254 e. The zero-order valence-electron chi connectivity index (χ0n) is 10.0. The van der Waals surface area contributed by atoms with Crippen molar-refractivity contribution in [1.82, 2.24) is 9.88 Å². The second kappa shape index (κ2) is 5.61. The van der Waals surface area contributed by atoms with Crippen LogP contribution in [0.15, 0.2) is 18.3 Å². The van der Waals surface area contributed by atoms with E-state index in [1.54, 1.807) is 11.0 Å². The molecular formula is C13H15N3O2. The topological polar surface area (TPSA) is 77.2 Å². The van der Waals surface area contributed by atoms with Crippen LogP contribution in [-0.2, 0) is 0 Å². The van der Waals surface area contributed by atoms with Crippen molar-refractivity contribution in [3.8, 4) is 6.07 Å². The molecule has 1 aromatic rings. The van der Waals surface area contributed by atoms with Gasteiger partial charge in [-0.3, -0.25) is 4.79 Å². The Labute approximate surface area is 106 Å². The van der Waals surface area contributed by atoms with Gasteiger partial charge in [0.1, 0.15) is 11.8 Å². The number of carbonyl (C=O) groups excluding carboxylic acids is 1. The highest BCUT2D eigenvalue weighted by atomic mass is 16.3.